The molecule has 0 aromatic carbocycles. The highest BCUT2D eigenvalue weighted by Gasteiger charge is 2.31. The van der Waals surface area contributed by atoms with Crippen LogP contribution in [0.2, 0.25) is 0 Å². The highest BCUT2D eigenvalue weighted by atomic mass is 16.1. The van der Waals surface area contributed by atoms with Crippen LogP contribution in [0, 0.1) is 17.8 Å². The minimum absolute atomic E-state index is 0.0557. The summed E-state index contributed by atoms with van der Waals surface area (Å²) in [6, 6.07) is 0.0785. The van der Waals surface area contributed by atoms with Gasteiger partial charge in [0.25, 0.3) is 0 Å². The van der Waals surface area contributed by atoms with Gasteiger partial charge in [-0.3, -0.25) is 4.79 Å². The molecule has 0 bridgehead atoms. The number of nitrogens with one attached hydrogen (secondary N) is 1. The fraction of sp³-hybridized carbons (Fsp3) is 0.929. The zero-order valence-corrected chi connectivity index (χ0v) is 11.0. The predicted octanol–water partition coefficient (Wildman–Crippen LogP) is 2.06. The fourth-order valence-electron chi connectivity index (χ4n) is 3.30. The molecule has 3 N–H and O–H groups in total. The third-order valence-corrected chi connectivity index (χ3v) is 4.54. The van der Waals surface area contributed by atoms with Gasteiger partial charge < -0.3 is 11.1 Å². The Morgan fingerprint density at radius 3 is 2.65 bits per heavy atom. The van der Waals surface area contributed by atoms with Crippen molar-refractivity contribution in [2.45, 2.75) is 57.9 Å². The maximum Gasteiger partial charge on any atom is 0.224 e. The van der Waals surface area contributed by atoms with Crippen molar-refractivity contribution in [2.24, 2.45) is 23.5 Å². The largest absolute Gasteiger partial charge is 0.356 e. The van der Waals surface area contributed by atoms with Gasteiger partial charge in [-0.2, -0.15) is 0 Å². The van der Waals surface area contributed by atoms with Gasteiger partial charge in [-0.1, -0.05) is 19.8 Å². The molecule has 3 atom stereocenters. The molecule has 1 amide bonds. The molecule has 0 aromatic rings. The summed E-state index contributed by atoms with van der Waals surface area (Å²) in [5.41, 5.74) is 6.07. The van der Waals surface area contributed by atoms with Crippen LogP contribution in [0.1, 0.15) is 51.9 Å². The van der Waals surface area contributed by atoms with E-state index in [1.54, 1.807) is 0 Å². The zero-order chi connectivity index (χ0) is 12.3. The lowest BCUT2D eigenvalue weighted by Gasteiger charge is -2.31. The predicted molar refractivity (Wildman–Crippen MR) is 69.4 cm³/mol. The maximum atomic E-state index is 12.1. The Labute approximate surface area is 105 Å². The van der Waals surface area contributed by atoms with E-state index >= 15 is 0 Å². The van der Waals surface area contributed by atoms with Crippen LogP contribution in [-0.2, 0) is 4.79 Å². The highest BCUT2D eigenvalue weighted by molar-refractivity contribution is 5.79. The summed E-state index contributed by atoms with van der Waals surface area (Å²) in [5, 5.41) is 3.13. The number of carbonyl (C=O) groups is 1. The molecule has 0 saturated heterocycles. The summed E-state index contributed by atoms with van der Waals surface area (Å²) in [6.07, 6.45) is 8.38. The number of rotatable bonds is 3. The van der Waals surface area contributed by atoms with Crippen LogP contribution in [-0.4, -0.2) is 18.5 Å². The molecule has 2 rings (SSSR count). The van der Waals surface area contributed by atoms with E-state index in [2.05, 4.69) is 12.2 Å². The Balaban J connectivity index is 1.77. The van der Waals surface area contributed by atoms with Gasteiger partial charge in [0.15, 0.2) is 0 Å². The van der Waals surface area contributed by atoms with E-state index in [0.29, 0.717) is 5.92 Å². The van der Waals surface area contributed by atoms with E-state index in [-0.39, 0.29) is 17.9 Å². The quantitative estimate of drug-likeness (QED) is 0.790. The molecule has 98 valence electrons. The minimum Gasteiger partial charge on any atom is -0.356 e. The molecule has 2 aliphatic rings. The first-order chi connectivity index (χ1) is 8.16. The van der Waals surface area contributed by atoms with Crippen LogP contribution in [0.25, 0.3) is 0 Å². The molecule has 2 aliphatic carbocycles. The lowest BCUT2D eigenvalue weighted by molar-refractivity contribution is -0.127. The van der Waals surface area contributed by atoms with Crippen molar-refractivity contribution < 1.29 is 4.79 Å². The van der Waals surface area contributed by atoms with E-state index in [9.17, 15) is 4.79 Å². The first-order valence-electron chi connectivity index (χ1n) is 7.20. The normalized spacial score (nSPS) is 34.8. The SMILES string of the molecule is CC1CCC(N)C(C(=O)NCC2CCCC2)C1. The Kier molecular flexibility index (Phi) is 4.43. The van der Waals surface area contributed by atoms with Gasteiger partial charge in [-0.15, -0.1) is 0 Å². The molecule has 0 spiro atoms. The number of carbonyl (C=O) groups excluding carboxylic acids is 1. The molecular weight excluding hydrogens is 212 g/mol. The molecule has 0 heterocycles. The summed E-state index contributed by atoms with van der Waals surface area (Å²) < 4.78 is 0. The number of nitrogens with two attached hydrogens (primary N) is 1. The second-order valence-electron chi connectivity index (χ2n) is 6.08. The smallest absolute Gasteiger partial charge is 0.224 e. The zero-order valence-electron chi connectivity index (χ0n) is 11.0. The maximum absolute atomic E-state index is 12.1. The van der Waals surface area contributed by atoms with E-state index in [1.807, 2.05) is 0 Å². The van der Waals surface area contributed by atoms with E-state index in [0.717, 1.165) is 25.3 Å². The number of amides is 1. The monoisotopic (exact) mass is 238 g/mol. The van der Waals surface area contributed by atoms with Crippen molar-refractivity contribution in [2.75, 3.05) is 6.54 Å². The summed E-state index contributed by atoms with van der Waals surface area (Å²) in [6.45, 7) is 3.10. The van der Waals surface area contributed by atoms with Crippen LogP contribution >= 0.6 is 0 Å². The fourth-order valence-corrected chi connectivity index (χ4v) is 3.30. The first kappa shape index (κ1) is 12.9. The summed E-state index contributed by atoms with van der Waals surface area (Å²) in [4.78, 5) is 12.1. The standard InChI is InChI=1S/C14H26N2O/c1-10-6-7-13(15)12(8-10)14(17)16-9-11-4-2-3-5-11/h10-13H,2-9,15H2,1H3,(H,16,17). The van der Waals surface area contributed by atoms with Crippen molar-refractivity contribution in [1.29, 1.82) is 0 Å². The Hall–Kier alpha value is -0.570. The molecule has 0 radical (unpaired) electrons. The average Bonchev–Trinajstić information content (AvgIpc) is 2.82. The summed E-state index contributed by atoms with van der Waals surface area (Å²) in [7, 11) is 0. The van der Waals surface area contributed by atoms with Gasteiger partial charge in [0.05, 0.1) is 5.92 Å². The minimum atomic E-state index is 0.0557. The molecule has 17 heavy (non-hydrogen) atoms. The van der Waals surface area contributed by atoms with Gasteiger partial charge in [0, 0.05) is 12.6 Å². The third kappa shape index (κ3) is 3.44. The summed E-state index contributed by atoms with van der Waals surface area (Å²) >= 11 is 0. The third-order valence-electron chi connectivity index (χ3n) is 4.54. The van der Waals surface area contributed by atoms with E-state index in [1.165, 1.54) is 32.1 Å². The van der Waals surface area contributed by atoms with Crippen LogP contribution in [0.15, 0.2) is 0 Å². The summed E-state index contributed by atoms with van der Waals surface area (Å²) in [5.74, 6) is 1.63. The van der Waals surface area contributed by atoms with Crippen LogP contribution in [0.3, 0.4) is 0 Å². The topological polar surface area (TPSA) is 55.1 Å². The molecule has 0 aliphatic heterocycles. The lowest BCUT2D eigenvalue weighted by atomic mass is 9.78. The lowest BCUT2D eigenvalue weighted by Crippen LogP contribution is -2.46. The van der Waals surface area contributed by atoms with Crippen molar-refractivity contribution >= 4 is 5.91 Å². The average molecular weight is 238 g/mol. The van der Waals surface area contributed by atoms with Gasteiger partial charge in [-0.05, 0) is 43.9 Å². The van der Waals surface area contributed by atoms with E-state index in [4.69, 9.17) is 5.73 Å². The van der Waals surface area contributed by atoms with Gasteiger partial charge in [0.2, 0.25) is 5.91 Å². The van der Waals surface area contributed by atoms with Crippen LogP contribution in [0.5, 0.6) is 0 Å². The second kappa shape index (κ2) is 5.85. The van der Waals surface area contributed by atoms with Crippen molar-refractivity contribution in [3.63, 3.8) is 0 Å². The van der Waals surface area contributed by atoms with Gasteiger partial charge in [-0.25, -0.2) is 0 Å². The molecule has 2 saturated carbocycles. The van der Waals surface area contributed by atoms with Crippen LogP contribution in [0.4, 0.5) is 0 Å². The Morgan fingerprint density at radius 1 is 1.24 bits per heavy atom. The van der Waals surface area contributed by atoms with Gasteiger partial charge >= 0.3 is 0 Å². The van der Waals surface area contributed by atoms with Crippen molar-refractivity contribution in [3.8, 4) is 0 Å². The first-order valence-corrected chi connectivity index (χ1v) is 7.20. The van der Waals surface area contributed by atoms with Crippen molar-refractivity contribution in [1.82, 2.24) is 5.32 Å². The Bertz CT molecular complexity index is 261. The molecule has 3 unspecified atom stereocenters. The molecular formula is C14H26N2O. The van der Waals surface area contributed by atoms with Crippen LogP contribution < -0.4 is 11.1 Å². The second-order valence-corrected chi connectivity index (χ2v) is 6.08. The Morgan fingerprint density at radius 2 is 1.94 bits per heavy atom. The van der Waals surface area contributed by atoms with Crippen molar-refractivity contribution in [3.05, 3.63) is 0 Å². The highest BCUT2D eigenvalue weighted by Crippen LogP contribution is 2.28. The molecule has 0 aromatic heterocycles. The van der Waals surface area contributed by atoms with E-state index < -0.39 is 0 Å². The number of hydrogen-bond acceptors (Lipinski definition) is 2. The molecule has 2 fully saturated rings. The number of hydrogen-bond donors (Lipinski definition) is 2. The molecule has 3 nitrogen and oxygen atoms in total. The van der Waals surface area contributed by atoms with Gasteiger partial charge in [0.1, 0.15) is 0 Å². The molecule has 3 heteroatoms.